The number of rotatable bonds is 5. The summed E-state index contributed by atoms with van der Waals surface area (Å²) in [5, 5.41) is 0. The minimum atomic E-state index is -0.410. The molecule has 0 N–H and O–H groups in total. The van der Waals surface area contributed by atoms with Gasteiger partial charge in [0.2, 0.25) is 0 Å². The van der Waals surface area contributed by atoms with E-state index in [-0.39, 0.29) is 23.8 Å². The molecular weight excluding hydrogens is 410 g/mol. The molecule has 0 aromatic heterocycles. The Kier molecular flexibility index (Phi) is 5.05. The maximum Gasteiger partial charge on any atom is 0.278 e. The second-order valence-electron chi connectivity index (χ2n) is 7.90. The van der Waals surface area contributed by atoms with Crippen LogP contribution in [0.3, 0.4) is 0 Å². The number of nitrogens with zero attached hydrogens (tertiary/aromatic N) is 2. The lowest BCUT2D eigenvalue weighted by atomic mass is 10.0. The maximum atomic E-state index is 13.5. The number of benzene rings is 3. The maximum absolute atomic E-state index is 13.5. The Labute approximate surface area is 184 Å². The summed E-state index contributed by atoms with van der Waals surface area (Å²) in [7, 11) is 0. The number of amides is 2. The highest BCUT2D eigenvalue weighted by atomic mass is 19.1. The average Bonchev–Trinajstić information content (AvgIpc) is 3.32. The minimum absolute atomic E-state index is 0.174. The molecule has 5 rings (SSSR count). The van der Waals surface area contributed by atoms with Crippen molar-refractivity contribution in [2.45, 2.75) is 12.8 Å². The van der Waals surface area contributed by atoms with E-state index in [1.54, 1.807) is 12.1 Å². The monoisotopic (exact) mass is 430 g/mol. The van der Waals surface area contributed by atoms with E-state index in [1.807, 2.05) is 29.2 Å². The van der Waals surface area contributed by atoms with E-state index in [0.29, 0.717) is 24.2 Å². The Balaban J connectivity index is 1.52. The molecule has 0 atom stereocenters. The van der Waals surface area contributed by atoms with Gasteiger partial charge in [-0.1, -0.05) is 42.5 Å². The second kappa shape index (κ2) is 8.04. The molecule has 32 heavy (non-hydrogen) atoms. The van der Waals surface area contributed by atoms with Crippen molar-refractivity contribution >= 4 is 23.1 Å². The number of carbonyl (C=O) groups is 2. The van der Waals surface area contributed by atoms with Crippen LogP contribution in [0.15, 0.2) is 78.5 Å². The molecule has 2 aliphatic rings. The number of hydrogen-bond acceptors (Lipinski definition) is 3. The van der Waals surface area contributed by atoms with E-state index in [1.165, 1.54) is 41.3 Å². The molecule has 0 fully saturated rings. The molecule has 6 heteroatoms. The highest BCUT2D eigenvalue weighted by Gasteiger charge is 2.42. The number of fused-ring (bicyclic) bond motifs is 1. The number of para-hydroxylation sites is 1. The zero-order valence-corrected chi connectivity index (χ0v) is 17.2. The van der Waals surface area contributed by atoms with Crippen molar-refractivity contribution in [2.24, 2.45) is 0 Å². The third-order valence-corrected chi connectivity index (χ3v) is 5.97. The lowest BCUT2D eigenvalue weighted by Crippen LogP contribution is -2.36. The Morgan fingerprint density at radius 3 is 2.16 bits per heavy atom. The van der Waals surface area contributed by atoms with Gasteiger partial charge in [-0.15, -0.1) is 0 Å². The largest absolute Gasteiger partial charge is 0.336 e. The topological polar surface area (TPSA) is 40.6 Å². The zero-order chi connectivity index (χ0) is 22.2. The normalized spacial score (nSPS) is 15.7. The standard InChI is InChI=1S/C26H20F2N2O2/c27-20-9-5-17(6-10-20)13-15-30-25(31)23(19-7-11-21(28)12-8-19)24(26(30)32)29-16-14-18-3-1-2-4-22(18)29/h1-12H,13-16H2. The summed E-state index contributed by atoms with van der Waals surface area (Å²) >= 11 is 0. The van der Waals surface area contributed by atoms with Gasteiger partial charge in [0.15, 0.2) is 0 Å². The van der Waals surface area contributed by atoms with E-state index < -0.39 is 11.7 Å². The van der Waals surface area contributed by atoms with Gasteiger partial charge < -0.3 is 4.90 Å². The smallest absolute Gasteiger partial charge is 0.278 e. The highest BCUT2D eigenvalue weighted by Crippen LogP contribution is 2.38. The molecule has 4 nitrogen and oxygen atoms in total. The first-order valence-electron chi connectivity index (χ1n) is 10.5. The fourth-order valence-electron chi connectivity index (χ4n) is 4.36. The molecule has 2 heterocycles. The van der Waals surface area contributed by atoms with E-state index in [9.17, 15) is 18.4 Å². The van der Waals surface area contributed by atoms with Crippen LogP contribution in [0.1, 0.15) is 16.7 Å². The molecule has 3 aromatic rings. The van der Waals surface area contributed by atoms with Gasteiger partial charge in [-0.25, -0.2) is 8.78 Å². The Bertz CT molecular complexity index is 1230. The van der Waals surface area contributed by atoms with Crippen molar-refractivity contribution in [3.8, 4) is 0 Å². The molecule has 160 valence electrons. The van der Waals surface area contributed by atoms with Gasteiger partial charge in [0, 0.05) is 18.8 Å². The van der Waals surface area contributed by atoms with Crippen molar-refractivity contribution in [1.82, 2.24) is 4.90 Å². The lowest BCUT2D eigenvalue weighted by Gasteiger charge is -2.21. The number of imide groups is 1. The summed E-state index contributed by atoms with van der Waals surface area (Å²) in [5.41, 5.74) is 3.97. The van der Waals surface area contributed by atoms with Crippen LogP contribution in [-0.4, -0.2) is 29.8 Å². The first-order valence-corrected chi connectivity index (χ1v) is 10.5. The van der Waals surface area contributed by atoms with Crippen LogP contribution in [0.4, 0.5) is 14.5 Å². The number of halogens is 2. The van der Waals surface area contributed by atoms with E-state index >= 15 is 0 Å². The molecule has 0 bridgehead atoms. The Hall–Kier alpha value is -3.80. The quantitative estimate of drug-likeness (QED) is 0.565. The summed E-state index contributed by atoms with van der Waals surface area (Å²) in [6.45, 7) is 0.761. The van der Waals surface area contributed by atoms with Crippen LogP contribution < -0.4 is 4.90 Å². The van der Waals surface area contributed by atoms with E-state index in [2.05, 4.69) is 0 Å². The predicted molar refractivity (Wildman–Crippen MR) is 118 cm³/mol. The van der Waals surface area contributed by atoms with Crippen LogP contribution in [-0.2, 0) is 22.4 Å². The summed E-state index contributed by atoms with van der Waals surface area (Å²) in [4.78, 5) is 30.1. The summed E-state index contributed by atoms with van der Waals surface area (Å²) < 4.78 is 26.7. The second-order valence-corrected chi connectivity index (χ2v) is 7.90. The van der Waals surface area contributed by atoms with Gasteiger partial charge in [0.1, 0.15) is 17.3 Å². The molecule has 2 aliphatic heterocycles. The molecule has 0 saturated heterocycles. The molecule has 0 aliphatic carbocycles. The fraction of sp³-hybridized carbons (Fsp3) is 0.154. The molecule has 0 unspecified atom stereocenters. The number of anilines is 1. The highest BCUT2D eigenvalue weighted by molar-refractivity contribution is 6.36. The Morgan fingerprint density at radius 1 is 0.781 bits per heavy atom. The van der Waals surface area contributed by atoms with Gasteiger partial charge >= 0.3 is 0 Å². The first-order chi connectivity index (χ1) is 15.5. The SMILES string of the molecule is O=C1C(c2ccc(F)cc2)=C(N2CCc3ccccc32)C(=O)N1CCc1ccc(F)cc1. The van der Waals surface area contributed by atoms with E-state index in [0.717, 1.165) is 23.2 Å². The fourth-order valence-corrected chi connectivity index (χ4v) is 4.36. The first kappa shape index (κ1) is 20.1. The van der Waals surface area contributed by atoms with Crippen LogP contribution in [0.25, 0.3) is 5.57 Å². The van der Waals surface area contributed by atoms with Gasteiger partial charge in [-0.3, -0.25) is 14.5 Å². The van der Waals surface area contributed by atoms with Gasteiger partial charge in [0.05, 0.1) is 5.57 Å². The van der Waals surface area contributed by atoms with Crippen molar-refractivity contribution in [3.05, 3.63) is 107 Å². The van der Waals surface area contributed by atoms with Crippen molar-refractivity contribution in [1.29, 1.82) is 0 Å². The summed E-state index contributed by atoms with van der Waals surface area (Å²) in [5.74, 6) is -1.51. The number of carbonyl (C=O) groups excluding carboxylic acids is 2. The molecule has 3 aromatic carbocycles. The van der Waals surface area contributed by atoms with Gasteiger partial charge in [-0.2, -0.15) is 0 Å². The van der Waals surface area contributed by atoms with Crippen LogP contribution in [0, 0.1) is 11.6 Å². The number of hydrogen-bond donors (Lipinski definition) is 0. The summed E-state index contributed by atoms with van der Waals surface area (Å²) in [6.07, 6.45) is 1.19. The molecule has 0 radical (unpaired) electrons. The van der Waals surface area contributed by atoms with Crippen molar-refractivity contribution in [3.63, 3.8) is 0 Å². The Morgan fingerprint density at radius 2 is 1.44 bits per heavy atom. The summed E-state index contributed by atoms with van der Waals surface area (Å²) in [6, 6.07) is 19.5. The van der Waals surface area contributed by atoms with E-state index in [4.69, 9.17) is 0 Å². The van der Waals surface area contributed by atoms with Crippen molar-refractivity contribution in [2.75, 3.05) is 18.0 Å². The minimum Gasteiger partial charge on any atom is -0.336 e. The van der Waals surface area contributed by atoms with Gasteiger partial charge in [-0.05, 0) is 59.9 Å². The van der Waals surface area contributed by atoms with Crippen LogP contribution in [0.2, 0.25) is 0 Å². The third-order valence-electron chi connectivity index (χ3n) is 5.97. The average molecular weight is 430 g/mol. The van der Waals surface area contributed by atoms with Crippen LogP contribution >= 0.6 is 0 Å². The molecule has 2 amide bonds. The van der Waals surface area contributed by atoms with Gasteiger partial charge in [0.25, 0.3) is 11.8 Å². The van der Waals surface area contributed by atoms with Crippen molar-refractivity contribution < 1.29 is 18.4 Å². The molecule has 0 saturated carbocycles. The molecular formula is C26H20F2N2O2. The van der Waals surface area contributed by atoms with Crippen LogP contribution in [0.5, 0.6) is 0 Å². The third kappa shape index (κ3) is 3.47. The predicted octanol–water partition coefficient (Wildman–Crippen LogP) is 4.35. The zero-order valence-electron chi connectivity index (χ0n) is 17.2. The molecule has 0 spiro atoms. The lowest BCUT2D eigenvalue weighted by molar-refractivity contribution is -0.136.